The van der Waals surface area contributed by atoms with Crippen LogP contribution in [0.5, 0.6) is 0 Å². The Labute approximate surface area is 71.6 Å². The summed E-state index contributed by atoms with van der Waals surface area (Å²) in [6, 6.07) is -0.625. The van der Waals surface area contributed by atoms with Crippen LogP contribution in [0.2, 0.25) is 0 Å². The van der Waals surface area contributed by atoms with E-state index in [4.69, 9.17) is 5.73 Å². The molecule has 0 radical (unpaired) electrons. The number of nitrogens with zero attached hydrogens (tertiary/aromatic N) is 1. The molecule has 0 saturated carbocycles. The lowest BCUT2D eigenvalue weighted by atomic mass is 10.2. The van der Waals surface area contributed by atoms with E-state index in [1.165, 1.54) is 0 Å². The van der Waals surface area contributed by atoms with Gasteiger partial charge in [-0.25, -0.2) is 8.42 Å². The molecule has 1 fully saturated rings. The smallest absolute Gasteiger partial charge is 0.235 e. The molecule has 2 N–H and O–H groups in total. The molecule has 1 rings (SSSR count). The Balaban J connectivity index is 2.85. The molecule has 0 aromatic rings. The van der Waals surface area contributed by atoms with Crippen molar-refractivity contribution in [2.45, 2.75) is 18.9 Å². The van der Waals surface area contributed by atoms with Crippen LogP contribution in [0.25, 0.3) is 0 Å². The Morgan fingerprint density at radius 3 is 2.50 bits per heavy atom. The lowest BCUT2D eigenvalue weighted by Crippen LogP contribution is -2.43. The largest absolute Gasteiger partial charge is 0.368 e. The maximum atomic E-state index is 11.1. The number of rotatable bonds is 2. The highest BCUT2D eigenvalue weighted by atomic mass is 32.2. The Kier molecular flexibility index (Phi) is 2.39. The zero-order chi connectivity index (χ0) is 9.35. The van der Waals surface area contributed by atoms with Crippen molar-refractivity contribution in [3.05, 3.63) is 0 Å². The van der Waals surface area contributed by atoms with Crippen molar-refractivity contribution in [2.24, 2.45) is 5.73 Å². The summed E-state index contributed by atoms with van der Waals surface area (Å²) in [6.45, 7) is 0.409. The van der Waals surface area contributed by atoms with Gasteiger partial charge in [0, 0.05) is 6.54 Å². The average molecular weight is 192 g/mol. The fraction of sp³-hybridized carbons (Fsp3) is 0.833. The maximum absolute atomic E-state index is 11.1. The number of carbonyl (C=O) groups excluding carboxylic acids is 1. The molecule has 1 saturated heterocycles. The number of hydrogen-bond donors (Lipinski definition) is 1. The highest BCUT2D eigenvalue weighted by Crippen LogP contribution is 2.19. The van der Waals surface area contributed by atoms with Crippen LogP contribution in [0.3, 0.4) is 0 Å². The van der Waals surface area contributed by atoms with Crippen LogP contribution in [-0.2, 0) is 14.8 Å². The van der Waals surface area contributed by atoms with Crippen molar-refractivity contribution in [3.8, 4) is 0 Å². The van der Waals surface area contributed by atoms with E-state index in [9.17, 15) is 13.2 Å². The van der Waals surface area contributed by atoms with E-state index in [0.717, 1.165) is 10.6 Å². The molecule has 1 aliphatic rings. The van der Waals surface area contributed by atoms with Crippen molar-refractivity contribution in [1.29, 1.82) is 0 Å². The number of nitrogens with two attached hydrogens (primary N) is 1. The van der Waals surface area contributed by atoms with Crippen LogP contribution in [0.4, 0.5) is 0 Å². The minimum absolute atomic E-state index is 0.409. The SMILES string of the molecule is CS(=O)(=O)N1CCC[C@@H]1C(N)=O. The quantitative estimate of drug-likeness (QED) is 0.602. The van der Waals surface area contributed by atoms with Crippen molar-refractivity contribution < 1.29 is 13.2 Å². The van der Waals surface area contributed by atoms with Gasteiger partial charge in [0.2, 0.25) is 15.9 Å². The van der Waals surface area contributed by atoms with Crippen LogP contribution >= 0.6 is 0 Å². The first-order valence-electron chi connectivity index (χ1n) is 3.69. The third-order valence-corrected chi connectivity index (χ3v) is 3.25. The molecular weight excluding hydrogens is 180 g/mol. The number of hydrogen-bond acceptors (Lipinski definition) is 3. The van der Waals surface area contributed by atoms with Crippen LogP contribution in [-0.4, -0.2) is 37.5 Å². The van der Waals surface area contributed by atoms with Gasteiger partial charge in [-0.2, -0.15) is 4.31 Å². The van der Waals surface area contributed by atoms with E-state index in [-0.39, 0.29) is 0 Å². The molecule has 1 amide bonds. The zero-order valence-corrected chi connectivity index (χ0v) is 7.67. The van der Waals surface area contributed by atoms with Crippen LogP contribution in [0.15, 0.2) is 0 Å². The number of carbonyl (C=O) groups is 1. The minimum Gasteiger partial charge on any atom is -0.368 e. The zero-order valence-electron chi connectivity index (χ0n) is 6.86. The third kappa shape index (κ3) is 1.75. The Morgan fingerprint density at radius 2 is 2.17 bits per heavy atom. The summed E-state index contributed by atoms with van der Waals surface area (Å²) >= 11 is 0. The van der Waals surface area contributed by atoms with Gasteiger partial charge in [-0.3, -0.25) is 4.79 Å². The van der Waals surface area contributed by atoms with Gasteiger partial charge in [0.25, 0.3) is 0 Å². The molecule has 0 spiro atoms. The van der Waals surface area contributed by atoms with Crippen LogP contribution in [0.1, 0.15) is 12.8 Å². The molecular formula is C6H12N2O3S. The fourth-order valence-corrected chi connectivity index (χ4v) is 2.55. The molecule has 70 valence electrons. The molecule has 0 unspecified atom stereocenters. The Bertz CT molecular complexity index is 285. The highest BCUT2D eigenvalue weighted by Gasteiger charge is 2.34. The summed E-state index contributed by atoms with van der Waals surface area (Å²) in [5.41, 5.74) is 5.04. The van der Waals surface area contributed by atoms with E-state index in [1.54, 1.807) is 0 Å². The summed E-state index contributed by atoms with van der Waals surface area (Å²) in [7, 11) is -3.26. The lowest BCUT2D eigenvalue weighted by molar-refractivity contribution is -0.121. The molecule has 0 aromatic carbocycles. The van der Waals surface area contributed by atoms with Crippen LogP contribution in [0, 0.1) is 0 Å². The van der Waals surface area contributed by atoms with Gasteiger partial charge in [0.05, 0.1) is 6.26 Å². The van der Waals surface area contributed by atoms with Crippen molar-refractivity contribution in [1.82, 2.24) is 4.31 Å². The monoisotopic (exact) mass is 192 g/mol. The number of primary amides is 1. The first kappa shape index (κ1) is 9.47. The second-order valence-corrected chi connectivity index (χ2v) is 4.87. The topological polar surface area (TPSA) is 80.5 Å². The predicted octanol–water partition coefficient (Wildman–Crippen LogP) is -1.10. The van der Waals surface area contributed by atoms with Crippen molar-refractivity contribution in [3.63, 3.8) is 0 Å². The maximum Gasteiger partial charge on any atom is 0.235 e. The normalized spacial score (nSPS) is 25.9. The summed E-state index contributed by atoms with van der Waals surface area (Å²) in [5, 5.41) is 0. The predicted molar refractivity (Wildman–Crippen MR) is 43.8 cm³/mol. The van der Waals surface area contributed by atoms with Crippen molar-refractivity contribution in [2.75, 3.05) is 12.8 Å². The fourth-order valence-electron chi connectivity index (χ4n) is 1.42. The molecule has 1 atom stereocenters. The first-order valence-corrected chi connectivity index (χ1v) is 5.54. The van der Waals surface area contributed by atoms with Crippen LogP contribution < -0.4 is 5.73 Å². The Hall–Kier alpha value is -0.620. The van der Waals surface area contributed by atoms with Gasteiger partial charge in [0.1, 0.15) is 6.04 Å². The average Bonchev–Trinajstić information content (AvgIpc) is 2.30. The number of sulfonamides is 1. The van der Waals surface area contributed by atoms with Crippen molar-refractivity contribution >= 4 is 15.9 Å². The summed E-state index contributed by atoms with van der Waals surface area (Å²) in [5.74, 6) is -0.557. The van der Waals surface area contributed by atoms with Gasteiger partial charge in [-0.1, -0.05) is 0 Å². The Morgan fingerprint density at radius 1 is 1.58 bits per heavy atom. The second-order valence-electron chi connectivity index (χ2n) is 2.93. The summed E-state index contributed by atoms with van der Waals surface area (Å²) < 4.78 is 23.3. The van der Waals surface area contributed by atoms with Gasteiger partial charge in [-0.15, -0.1) is 0 Å². The van der Waals surface area contributed by atoms with E-state index in [2.05, 4.69) is 0 Å². The van der Waals surface area contributed by atoms with Gasteiger partial charge >= 0.3 is 0 Å². The van der Waals surface area contributed by atoms with Gasteiger partial charge in [0.15, 0.2) is 0 Å². The molecule has 1 heterocycles. The molecule has 12 heavy (non-hydrogen) atoms. The molecule has 6 heteroatoms. The second kappa shape index (κ2) is 3.02. The van der Waals surface area contributed by atoms with Gasteiger partial charge in [-0.05, 0) is 12.8 Å². The summed E-state index contributed by atoms with van der Waals surface area (Å²) in [6.07, 6.45) is 2.34. The minimum atomic E-state index is -3.26. The summed E-state index contributed by atoms with van der Waals surface area (Å²) in [4.78, 5) is 10.8. The van der Waals surface area contributed by atoms with E-state index in [0.29, 0.717) is 19.4 Å². The highest BCUT2D eigenvalue weighted by molar-refractivity contribution is 7.88. The molecule has 0 aromatic heterocycles. The molecule has 1 aliphatic heterocycles. The molecule has 0 bridgehead atoms. The third-order valence-electron chi connectivity index (χ3n) is 1.96. The molecule has 0 aliphatic carbocycles. The van der Waals surface area contributed by atoms with E-state index >= 15 is 0 Å². The molecule has 5 nitrogen and oxygen atoms in total. The standard InChI is InChI=1S/C6H12N2O3S/c1-12(10,11)8-4-2-3-5(8)6(7)9/h5H,2-4H2,1H3,(H2,7,9)/t5-/m1/s1. The van der Waals surface area contributed by atoms with E-state index < -0.39 is 22.0 Å². The number of amides is 1. The van der Waals surface area contributed by atoms with Gasteiger partial charge < -0.3 is 5.73 Å². The first-order chi connectivity index (χ1) is 5.43. The lowest BCUT2D eigenvalue weighted by Gasteiger charge is -2.18. The van der Waals surface area contributed by atoms with E-state index in [1.807, 2.05) is 0 Å².